The lowest BCUT2D eigenvalue weighted by atomic mass is 9.81. The minimum absolute atomic E-state index is 0.0686. The predicted molar refractivity (Wildman–Crippen MR) is 68.1 cm³/mol. The van der Waals surface area contributed by atoms with Gasteiger partial charge in [0.15, 0.2) is 0 Å². The Hall–Kier alpha value is -1.03. The predicted octanol–water partition coefficient (Wildman–Crippen LogP) is 1.46. The minimum Gasteiger partial charge on any atom is -0.315 e. The summed E-state index contributed by atoms with van der Waals surface area (Å²) in [6.45, 7) is 0.942. The number of hydrogen-bond donors (Lipinski definition) is 1. The second kappa shape index (κ2) is 3.98. The van der Waals surface area contributed by atoms with Crippen molar-refractivity contribution in [3.8, 4) is 0 Å². The molecule has 2 aliphatic carbocycles. The van der Waals surface area contributed by atoms with Crippen molar-refractivity contribution in [2.75, 3.05) is 6.54 Å². The summed E-state index contributed by atoms with van der Waals surface area (Å²) >= 11 is 0. The van der Waals surface area contributed by atoms with Gasteiger partial charge in [0.2, 0.25) is 0 Å². The zero-order valence-corrected chi connectivity index (χ0v) is 10.7. The second-order valence-electron chi connectivity index (χ2n) is 6.27. The maximum absolute atomic E-state index is 12.6. The fraction of sp³-hybridized carbons (Fsp3) is 0.786. The summed E-state index contributed by atoms with van der Waals surface area (Å²) < 4.78 is 0. The summed E-state index contributed by atoms with van der Waals surface area (Å²) in [6, 6.07) is 0.595. The molecule has 3 fully saturated rings. The van der Waals surface area contributed by atoms with E-state index in [1.54, 1.807) is 0 Å². The zero-order valence-electron chi connectivity index (χ0n) is 10.7. The number of hydrazine groups is 1. The molecular formula is C14H21N3O. The van der Waals surface area contributed by atoms with Crippen molar-refractivity contribution in [1.82, 2.24) is 15.3 Å². The molecule has 1 N–H and O–H groups in total. The first-order valence-electron chi connectivity index (χ1n) is 7.36. The van der Waals surface area contributed by atoms with Crippen molar-refractivity contribution in [2.45, 2.75) is 50.6 Å². The number of rotatable bonds is 2. The van der Waals surface area contributed by atoms with Gasteiger partial charge < -0.3 is 9.91 Å². The largest absolute Gasteiger partial charge is 0.315 e. The lowest BCUT2D eigenvalue weighted by Gasteiger charge is -2.34. The van der Waals surface area contributed by atoms with Crippen LogP contribution in [0.1, 0.15) is 38.5 Å². The Morgan fingerprint density at radius 2 is 2.00 bits per heavy atom. The van der Waals surface area contributed by atoms with E-state index in [1.807, 2.05) is 11.1 Å². The molecule has 0 spiro atoms. The first kappa shape index (κ1) is 10.9. The SMILES string of the molecule is O=C1C2C3CCCCC3NN2C=CN1CC1CC1. The van der Waals surface area contributed by atoms with Crippen LogP contribution < -0.4 is 5.43 Å². The highest BCUT2D eigenvalue weighted by Gasteiger charge is 2.48. The van der Waals surface area contributed by atoms with E-state index in [9.17, 15) is 4.79 Å². The van der Waals surface area contributed by atoms with Gasteiger partial charge in [-0.2, -0.15) is 0 Å². The summed E-state index contributed by atoms with van der Waals surface area (Å²) in [5.74, 6) is 1.62. The van der Waals surface area contributed by atoms with Gasteiger partial charge in [-0.1, -0.05) is 12.8 Å². The summed E-state index contributed by atoms with van der Waals surface area (Å²) in [7, 11) is 0. The van der Waals surface area contributed by atoms with E-state index in [2.05, 4.69) is 16.6 Å². The molecule has 1 saturated heterocycles. The lowest BCUT2D eigenvalue weighted by molar-refractivity contribution is -0.136. The Balaban J connectivity index is 1.55. The van der Waals surface area contributed by atoms with Crippen molar-refractivity contribution < 1.29 is 4.79 Å². The summed E-state index contributed by atoms with van der Waals surface area (Å²) in [5.41, 5.74) is 3.51. The third kappa shape index (κ3) is 1.66. The molecule has 0 bridgehead atoms. The Kier molecular flexibility index (Phi) is 2.40. The van der Waals surface area contributed by atoms with Crippen LogP contribution in [0.15, 0.2) is 12.4 Å². The minimum atomic E-state index is 0.0686. The van der Waals surface area contributed by atoms with E-state index in [0.29, 0.717) is 17.9 Å². The maximum atomic E-state index is 12.6. The van der Waals surface area contributed by atoms with Gasteiger partial charge in [-0.15, -0.1) is 0 Å². The molecule has 2 aliphatic heterocycles. The monoisotopic (exact) mass is 247 g/mol. The molecule has 1 amide bonds. The van der Waals surface area contributed by atoms with Crippen LogP contribution in [-0.2, 0) is 4.79 Å². The first-order chi connectivity index (χ1) is 8.83. The molecule has 3 unspecified atom stereocenters. The number of nitrogens with one attached hydrogen (secondary N) is 1. The van der Waals surface area contributed by atoms with Crippen LogP contribution in [0.25, 0.3) is 0 Å². The quantitative estimate of drug-likeness (QED) is 0.802. The highest BCUT2D eigenvalue weighted by atomic mass is 16.2. The Morgan fingerprint density at radius 3 is 2.83 bits per heavy atom. The van der Waals surface area contributed by atoms with Crippen LogP contribution in [0.4, 0.5) is 0 Å². The van der Waals surface area contributed by atoms with Crippen molar-refractivity contribution in [1.29, 1.82) is 0 Å². The molecule has 2 heterocycles. The van der Waals surface area contributed by atoms with E-state index in [4.69, 9.17) is 0 Å². The van der Waals surface area contributed by atoms with E-state index in [1.165, 1.54) is 38.5 Å². The molecule has 0 radical (unpaired) electrons. The smallest absolute Gasteiger partial charge is 0.251 e. The number of hydrogen-bond acceptors (Lipinski definition) is 3. The second-order valence-corrected chi connectivity index (χ2v) is 6.27. The molecule has 18 heavy (non-hydrogen) atoms. The van der Waals surface area contributed by atoms with Crippen LogP contribution in [-0.4, -0.2) is 34.4 Å². The van der Waals surface area contributed by atoms with E-state index in [-0.39, 0.29) is 6.04 Å². The third-order valence-corrected chi connectivity index (χ3v) is 4.93. The molecule has 4 heteroatoms. The van der Waals surface area contributed by atoms with Gasteiger partial charge in [0.25, 0.3) is 5.91 Å². The van der Waals surface area contributed by atoms with Gasteiger partial charge in [0, 0.05) is 30.9 Å². The number of nitrogens with zero attached hydrogens (tertiary/aromatic N) is 2. The number of amides is 1. The molecule has 3 atom stereocenters. The van der Waals surface area contributed by atoms with E-state index >= 15 is 0 Å². The molecule has 4 rings (SSSR count). The Bertz CT molecular complexity index is 391. The van der Waals surface area contributed by atoms with Crippen LogP contribution in [0.3, 0.4) is 0 Å². The van der Waals surface area contributed by atoms with E-state index < -0.39 is 0 Å². The van der Waals surface area contributed by atoms with E-state index in [0.717, 1.165) is 12.5 Å². The average molecular weight is 247 g/mol. The normalized spacial score (nSPS) is 38.9. The summed E-state index contributed by atoms with van der Waals surface area (Å²) in [5, 5.41) is 2.08. The maximum Gasteiger partial charge on any atom is 0.251 e. The highest BCUT2D eigenvalue weighted by molar-refractivity contribution is 5.84. The Labute approximate surface area is 108 Å². The van der Waals surface area contributed by atoms with Crippen molar-refractivity contribution in [3.63, 3.8) is 0 Å². The topological polar surface area (TPSA) is 35.6 Å². The van der Waals surface area contributed by atoms with Gasteiger partial charge >= 0.3 is 0 Å². The van der Waals surface area contributed by atoms with Gasteiger partial charge in [0.05, 0.1) is 0 Å². The van der Waals surface area contributed by atoms with Crippen LogP contribution in [0, 0.1) is 11.8 Å². The molecule has 4 aliphatic rings. The molecule has 2 saturated carbocycles. The molecule has 98 valence electrons. The van der Waals surface area contributed by atoms with Crippen LogP contribution in [0.5, 0.6) is 0 Å². The average Bonchev–Trinajstić information content (AvgIpc) is 3.11. The standard InChI is InChI=1S/C14H21N3O/c18-14-13-11-3-1-2-4-12(11)15-17(13)8-7-16(14)9-10-5-6-10/h7-8,10-13,15H,1-6,9H2. The van der Waals surface area contributed by atoms with Crippen LogP contribution >= 0.6 is 0 Å². The summed E-state index contributed by atoms with van der Waals surface area (Å²) in [6.07, 6.45) is 11.7. The molecule has 0 aromatic rings. The molecule has 0 aromatic carbocycles. The van der Waals surface area contributed by atoms with Gasteiger partial charge in [0.1, 0.15) is 6.04 Å². The van der Waals surface area contributed by atoms with Gasteiger partial charge in [-0.25, -0.2) is 5.43 Å². The van der Waals surface area contributed by atoms with Gasteiger partial charge in [-0.3, -0.25) is 4.79 Å². The van der Waals surface area contributed by atoms with Crippen molar-refractivity contribution >= 4 is 5.91 Å². The molecule has 4 nitrogen and oxygen atoms in total. The van der Waals surface area contributed by atoms with Crippen molar-refractivity contribution in [3.05, 3.63) is 12.4 Å². The van der Waals surface area contributed by atoms with Gasteiger partial charge in [-0.05, 0) is 31.6 Å². The molecular weight excluding hydrogens is 226 g/mol. The zero-order chi connectivity index (χ0) is 12.1. The highest BCUT2D eigenvalue weighted by Crippen LogP contribution is 2.37. The fourth-order valence-corrected chi connectivity index (χ4v) is 3.74. The fourth-order valence-electron chi connectivity index (χ4n) is 3.74. The molecule has 0 aromatic heterocycles. The lowest BCUT2D eigenvalue weighted by Crippen LogP contribution is -2.50. The number of carbonyl (C=O) groups is 1. The Morgan fingerprint density at radius 1 is 1.17 bits per heavy atom. The first-order valence-corrected chi connectivity index (χ1v) is 7.36. The summed E-state index contributed by atoms with van der Waals surface area (Å²) in [4.78, 5) is 14.6. The van der Waals surface area contributed by atoms with Crippen LogP contribution in [0.2, 0.25) is 0 Å². The van der Waals surface area contributed by atoms with Crippen molar-refractivity contribution in [2.24, 2.45) is 11.8 Å². The third-order valence-electron chi connectivity index (χ3n) is 4.93. The number of carbonyl (C=O) groups excluding carboxylic acids is 1. The number of fused-ring (bicyclic) bond motifs is 3.